The molecule has 2 heterocycles. The molecular formula is C18H13ClF3N3O2S. The number of rotatable bonds is 4. The summed E-state index contributed by atoms with van der Waals surface area (Å²) in [6.45, 7) is -0.320. The summed E-state index contributed by atoms with van der Waals surface area (Å²) in [5.41, 5.74) is 0.318. The Bertz CT molecular complexity index is 935. The van der Waals surface area contributed by atoms with Gasteiger partial charge in [-0.25, -0.2) is 4.98 Å². The largest absolute Gasteiger partial charge is 0.417 e. The molecule has 0 aliphatic carbocycles. The van der Waals surface area contributed by atoms with Gasteiger partial charge in [0.15, 0.2) is 5.82 Å². The number of hydrogen-bond donors (Lipinski definition) is 1. The quantitative estimate of drug-likeness (QED) is 0.791. The number of pyridine rings is 1. The minimum atomic E-state index is -4.59. The average molecular weight is 428 g/mol. The maximum atomic E-state index is 12.7. The molecule has 1 aromatic carbocycles. The van der Waals surface area contributed by atoms with Crippen LogP contribution >= 0.6 is 23.4 Å². The van der Waals surface area contributed by atoms with Crippen LogP contribution in [0.1, 0.15) is 11.1 Å². The van der Waals surface area contributed by atoms with Crippen molar-refractivity contribution < 1.29 is 22.8 Å². The van der Waals surface area contributed by atoms with Crippen molar-refractivity contribution in [3.05, 3.63) is 64.2 Å². The van der Waals surface area contributed by atoms with E-state index in [4.69, 9.17) is 11.6 Å². The number of nitrogens with zero attached hydrogens (tertiary/aromatic N) is 2. The lowest BCUT2D eigenvalue weighted by atomic mass is 10.1. The molecule has 0 fully saturated rings. The van der Waals surface area contributed by atoms with Gasteiger partial charge in [0.2, 0.25) is 11.8 Å². The molecule has 2 amide bonds. The number of amides is 2. The number of carbonyl (C=O) groups excluding carboxylic acids is 2. The van der Waals surface area contributed by atoms with Crippen molar-refractivity contribution >= 4 is 46.7 Å². The summed E-state index contributed by atoms with van der Waals surface area (Å²) in [5, 5.41) is 3.79. The van der Waals surface area contributed by atoms with E-state index in [0.717, 1.165) is 5.56 Å². The van der Waals surface area contributed by atoms with E-state index in [-0.39, 0.29) is 29.0 Å². The zero-order chi connectivity index (χ0) is 20.3. The molecule has 0 bridgehead atoms. The van der Waals surface area contributed by atoms with E-state index in [2.05, 4.69) is 10.3 Å². The summed E-state index contributed by atoms with van der Waals surface area (Å²) >= 11 is 7.13. The maximum absolute atomic E-state index is 12.7. The molecule has 5 nitrogen and oxygen atoms in total. The number of hydrogen-bond acceptors (Lipinski definition) is 4. The first-order valence-electron chi connectivity index (χ1n) is 7.96. The summed E-state index contributed by atoms with van der Waals surface area (Å²) in [7, 11) is 0. The highest BCUT2D eigenvalue weighted by Gasteiger charge is 2.32. The summed E-state index contributed by atoms with van der Waals surface area (Å²) < 4.78 is 38.0. The fraction of sp³-hybridized carbons (Fsp3) is 0.167. The number of thioether (sulfide) groups is 1. The molecule has 10 heteroatoms. The first kappa shape index (κ1) is 20.2. The molecule has 0 saturated heterocycles. The van der Waals surface area contributed by atoms with Gasteiger partial charge in [0, 0.05) is 6.20 Å². The second-order valence-corrected chi connectivity index (χ2v) is 7.03. The van der Waals surface area contributed by atoms with Crippen LogP contribution in [-0.4, -0.2) is 34.0 Å². The zero-order valence-electron chi connectivity index (χ0n) is 14.2. The highest BCUT2D eigenvalue weighted by Crippen LogP contribution is 2.32. The average Bonchev–Trinajstić information content (AvgIpc) is 2.65. The van der Waals surface area contributed by atoms with Crippen molar-refractivity contribution in [3.63, 3.8) is 0 Å². The second-order valence-electron chi connectivity index (χ2n) is 5.76. The number of carbonyl (C=O) groups is 2. The summed E-state index contributed by atoms with van der Waals surface area (Å²) in [6.07, 6.45) is -4.01. The van der Waals surface area contributed by atoms with Crippen LogP contribution in [0, 0.1) is 0 Å². The van der Waals surface area contributed by atoms with Crippen LogP contribution in [0.4, 0.5) is 19.0 Å². The smallest absolute Gasteiger partial charge is 0.308 e. The Hall–Kier alpha value is -2.52. The maximum Gasteiger partial charge on any atom is 0.417 e. The molecule has 1 aliphatic heterocycles. The lowest BCUT2D eigenvalue weighted by Crippen LogP contribution is -2.39. The normalized spacial score (nSPS) is 14.6. The fourth-order valence-electron chi connectivity index (χ4n) is 2.47. The van der Waals surface area contributed by atoms with E-state index in [1.54, 1.807) is 5.41 Å². The van der Waals surface area contributed by atoms with Gasteiger partial charge < -0.3 is 10.2 Å². The predicted octanol–water partition coefficient (Wildman–Crippen LogP) is 4.27. The van der Waals surface area contributed by atoms with Crippen molar-refractivity contribution in [2.45, 2.75) is 6.18 Å². The third kappa shape index (κ3) is 4.66. The van der Waals surface area contributed by atoms with Gasteiger partial charge in [-0.1, -0.05) is 41.9 Å². The van der Waals surface area contributed by atoms with Crippen molar-refractivity contribution in [1.82, 2.24) is 9.88 Å². The third-order valence-corrected chi connectivity index (χ3v) is 4.88. The van der Waals surface area contributed by atoms with Gasteiger partial charge in [0.05, 0.1) is 22.0 Å². The Kier molecular flexibility index (Phi) is 5.95. The van der Waals surface area contributed by atoms with E-state index in [9.17, 15) is 22.8 Å². The Labute approximate surface area is 167 Å². The number of alkyl halides is 3. The molecule has 146 valence electrons. The van der Waals surface area contributed by atoms with Crippen LogP contribution in [0.25, 0.3) is 5.70 Å². The molecule has 1 aromatic heterocycles. The number of nitrogens with one attached hydrogen (secondary N) is 1. The first-order chi connectivity index (χ1) is 13.3. The molecule has 0 unspecified atom stereocenters. The van der Waals surface area contributed by atoms with E-state index in [1.807, 2.05) is 30.3 Å². The monoisotopic (exact) mass is 427 g/mol. The number of anilines is 1. The zero-order valence-corrected chi connectivity index (χ0v) is 15.7. The molecule has 3 rings (SSSR count). The van der Waals surface area contributed by atoms with Crippen LogP contribution in [0.3, 0.4) is 0 Å². The summed E-state index contributed by atoms with van der Waals surface area (Å²) in [6, 6.07) is 9.75. The van der Waals surface area contributed by atoms with E-state index in [0.29, 0.717) is 18.0 Å². The van der Waals surface area contributed by atoms with Crippen LogP contribution in [0.2, 0.25) is 5.02 Å². The highest BCUT2D eigenvalue weighted by atomic mass is 35.5. The first-order valence-corrected chi connectivity index (χ1v) is 9.38. The SMILES string of the molecule is O=C(CN1C(=O)CSC=C1c1ccccc1)Nc1ncc(C(F)(F)F)cc1Cl. The van der Waals surface area contributed by atoms with Gasteiger partial charge in [-0.05, 0) is 17.0 Å². The topological polar surface area (TPSA) is 62.3 Å². The third-order valence-electron chi connectivity index (χ3n) is 3.79. The molecule has 28 heavy (non-hydrogen) atoms. The van der Waals surface area contributed by atoms with Crippen LogP contribution < -0.4 is 5.32 Å². The van der Waals surface area contributed by atoms with Crippen molar-refractivity contribution in [3.8, 4) is 0 Å². The number of aromatic nitrogens is 1. The second kappa shape index (κ2) is 8.24. The Morgan fingerprint density at radius 1 is 1.29 bits per heavy atom. The van der Waals surface area contributed by atoms with E-state index < -0.39 is 17.6 Å². The molecular weight excluding hydrogens is 415 g/mol. The Balaban J connectivity index is 1.75. The van der Waals surface area contributed by atoms with E-state index in [1.165, 1.54) is 16.7 Å². The Morgan fingerprint density at radius 3 is 2.64 bits per heavy atom. The molecule has 0 saturated carbocycles. The molecule has 1 N–H and O–H groups in total. The lowest BCUT2D eigenvalue weighted by Gasteiger charge is -2.28. The molecule has 1 aliphatic rings. The lowest BCUT2D eigenvalue weighted by molar-refractivity contribution is -0.137. The van der Waals surface area contributed by atoms with Crippen LogP contribution in [0.15, 0.2) is 48.0 Å². The van der Waals surface area contributed by atoms with E-state index >= 15 is 0 Å². The van der Waals surface area contributed by atoms with Gasteiger partial charge in [-0.15, -0.1) is 11.8 Å². The molecule has 0 atom stereocenters. The van der Waals surface area contributed by atoms with Crippen molar-refractivity contribution in [1.29, 1.82) is 0 Å². The Morgan fingerprint density at radius 2 is 2.00 bits per heavy atom. The summed E-state index contributed by atoms with van der Waals surface area (Å²) in [5.74, 6) is -0.906. The van der Waals surface area contributed by atoms with Crippen molar-refractivity contribution in [2.75, 3.05) is 17.6 Å². The standard InChI is InChI=1S/C18H13ClF3N3O2S/c19-13-6-12(18(20,21)22)7-23-17(13)24-15(26)8-25-14(9-28-10-16(25)27)11-4-2-1-3-5-11/h1-7,9H,8,10H2,(H,23,24,26). The van der Waals surface area contributed by atoms with Gasteiger partial charge in [-0.2, -0.15) is 13.2 Å². The van der Waals surface area contributed by atoms with Crippen LogP contribution in [0.5, 0.6) is 0 Å². The molecule has 0 radical (unpaired) electrons. The molecule has 0 spiro atoms. The van der Waals surface area contributed by atoms with Gasteiger partial charge >= 0.3 is 6.18 Å². The predicted molar refractivity (Wildman–Crippen MR) is 101 cm³/mol. The van der Waals surface area contributed by atoms with Gasteiger partial charge in [0.1, 0.15) is 6.54 Å². The summed E-state index contributed by atoms with van der Waals surface area (Å²) in [4.78, 5) is 29.6. The fourth-order valence-corrected chi connectivity index (χ4v) is 3.49. The molecule has 2 aromatic rings. The van der Waals surface area contributed by atoms with Gasteiger partial charge in [0.25, 0.3) is 0 Å². The highest BCUT2D eigenvalue weighted by molar-refractivity contribution is 8.03. The number of benzene rings is 1. The number of halogens is 4. The van der Waals surface area contributed by atoms with Crippen LogP contribution in [-0.2, 0) is 15.8 Å². The van der Waals surface area contributed by atoms with Crippen molar-refractivity contribution in [2.24, 2.45) is 0 Å². The minimum Gasteiger partial charge on any atom is -0.308 e. The van der Waals surface area contributed by atoms with Gasteiger partial charge in [-0.3, -0.25) is 9.59 Å². The minimum absolute atomic E-state index is 0.183.